The molecule has 6 heteroatoms. The van der Waals surface area contributed by atoms with Crippen molar-refractivity contribution < 1.29 is 14.3 Å². The average molecular weight is 425 g/mol. The average Bonchev–Trinajstić information content (AvgIpc) is 3.19. The van der Waals surface area contributed by atoms with Gasteiger partial charge in [0.15, 0.2) is 5.69 Å². The molecule has 0 aliphatic carbocycles. The number of ether oxygens (including phenoxy) is 2. The number of amides is 1. The Labute approximate surface area is 186 Å². The number of benzene rings is 3. The van der Waals surface area contributed by atoms with Gasteiger partial charge in [0.1, 0.15) is 5.75 Å². The van der Waals surface area contributed by atoms with Gasteiger partial charge in [-0.05, 0) is 48.5 Å². The zero-order valence-electron chi connectivity index (χ0n) is 17.8. The quantitative estimate of drug-likeness (QED) is 0.475. The van der Waals surface area contributed by atoms with Crippen molar-refractivity contribution in [3.8, 4) is 22.7 Å². The van der Waals surface area contributed by atoms with Crippen molar-refractivity contribution in [2.24, 2.45) is 0 Å². The van der Waals surface area contributed by atoms with Crippen LogP contribution in [-0.2, 0) is 11.3 Å². The number of methoxy groups -OCH3 is 1. The number of rotatable bonds is 4. The summed E-state index contributed by atoms with van der Waals surface area (Å²) in [5.74, 6) is 0.629. The monoisotopic (exact) mass is 425 g/mol. The summed E-state index contributed by atoms with van der Waals surface area (Å²) >= 11 is 0. The highest BCUT2D eigenvalue weighted by molar-refractivity contribution is 6.06. The first-order valence-electron chi connectivity index (χ1n) is 10.5. The van der Waals surface area contributed by atoms with Crippen molar-refractivity contribution >= 4 is 11.6 Å². The van der Waals surface area contributed by atoms with Crippen molar-refractivity contribution in [3.05, 3.63) is 96.2 Å². The Kier molecular flexibility index (Phi) is 5.44. The van der Waals surface area contributed by atoms with E-state index < -0.39 is 0 Å². The van der Waals surface area contributed by atoms with Crippen LogP contribution in [0, 0.1) is 0 Å². The highest BCUT2D eigenvalue weighted by Gasteiger charge is 2.26. The van der Waals surface area contributed by atoms with Gasteiger partial charge < -0.3 is 14.4 Å². The van der Waals surface area contributed by atoms with E-state index in [0.29, 0.717) is 25.5 Å². The molecule has 6 nitrogen and oxygen atoms in total. The van der Waals surface area contributed by atoms with Gasteiger partial charge in [-0.25, -0.2) is 4.68 Å². The largest absolute Gasteiger partial charge is 0.497 e. The lowest BCUT2D eigenvalue weighted by atomic mass is 10.1. The van der Waals surface area contributed by atoms with Crippen LogP contribution in [0.3, 0.4) is 0 Å². The first-order valence-corrected chi connectivity index (χ1v) is 10.5. The number of aromatic nitrogens is 2. The molecule has 0 N–H and O–H groups in total. The van der Waals surface area contributed by atoms with E-state index in [9.17, 15) is 4.79 Å². The van der Waals surface area contributed by atoms with Crippen LogP contribution in [0.2, 0.25) is 0 Å². The predicted molar refractivity (Wildman–Crippen MR) is 123 cm³/mol. The Morgan fingerprint density at radius 1 is 0.969 bits per heavy atom. The fourth-order valence-electron chi connectivity index (χ4n) is 3.92. The third-order valence-electron chi connectivity index (χ3n) is 5.56. The van der Waals surface area contributed by atoms with Crippen LogP contribution in [0.4, 0.5) is 5.69 Å². The third kappa shape index (κ3) is 3.76. The van der Waals surface area contributed by atoms with E-state index in [-0.39, 0.29) is 5.91 Å². The maximum atomic E-state index is 13.6. The molecule has 160 valence electrons. The number of carbonyl (C=O) groups excluding carboxylic acids is 1. The molecule has 0 atom stereocenters. The molecule has 0 fully saturated rings. The normalized spacial score (nSPS) is 13.3. The molecule has 1 aliphatic rings. The molecule has 1 aliphatic heterocycles. The highest BCUT2D eigenvalue weighted by Crippen LogP contribution is 2.29. The summed E-state index contributed by atoms with van der Waals surface area (Å²) in [6, 6.07) is 27.3. The van der Waals surface area contributed by atoms with E-state index in [0.717, 1.165) is 33.9 Å². The van der Waals surface area contributed by atoms with E-state index in [4.69, 9.17) is 14.6 Å². The number of para-hydroxylation sites is 2. The van der Waals surface area contributed by atoms with Crippen molar-refractivity contribution in [1.82, 2.24) is 9.78 Å². The Hall–Kier alpha value is -3.90. The minimum absolute atomic E-state index is 0.146. The van der Waals surface area contributed by atoms with Gasteiger partial charge in [0, 0.05) is 23.4 Å². The number of nitrogens with zero attached hydrogens (tertiary/aromatic N) is 3. The molecule has 1 aromatic heterocycles. The minimum atomic E-state index is -0.146. The van der Waals surface area contributed by atoms with Crippen LogP contribution in [0.25, 0.3) is 16.9 Å². The first-order chi connectivity index (χ1) is 15.7. The molecule has 1 amide bonds. The van der Waals surface area contributed by atoms with Gasteiger partial charge in [0.25, 0.3) is 5.91 Å². The molecule has 0 unspecified atom stereocenters. The molecule has 0 saturated heterocycles. The van der Waals surface area contributed by atoms with Crippen LogP contribution in [0.5, 0.6) is 5.75 Å². The van der Waals surface area contributed by atoms with E-state index in [1.54, 1.807) is 12.0 Å². The maximum absolute atomic E-state index is 13.6. The molecule has 3 aromatic carbocycles. The molecule has 0 spiro atoms. The van der Waals surface area contributed by atoms with Crippen LogP contribution in [0.15, 0.2) is 84.9 Å². The second kappa shape index (κ2) is 8.69. The van der Waals surface area contributed by atoms with Crippen molar-refractivity contribution in [3.63, 3.8) is 0 Å². The highest BCUT2D eigenvalue weighted by atomic mass is 16.5. The van der Waals surface area contributed by atoms with E-state index in [1.807, 2.05) is 89.6 Å². The summed E-state index contributed by atoms with van der Waals surface area (Å²) in [6.45, 7) is 1.45. The zero-order valence-corrected chi connectivity index (χ0v) is 17.8. The van der Waals surface area contributed by atoms with Crippen molar-refractivity contribution in [2.75, 3.05) is 25.2 Å². The standard InChI is InChI=1S/C26H23N3O3/c1-31-22-13-11-19(12-14-22)25-17-23(27-29(25)21-8-3-2-4-9-21)26(30)28-15-16-32-18-20-7-5-6-10-24(20)28/h2-14,17H,15-16,18H2,1H3. The fourth-order valence-corrected chi connectivity index (χ4v) is 3.92. The second-order valence-electron chi connectivity index (χ2n) is 7.53. The molecule has 0 saturated carbocycles. The van der Waals surface area contributed by atoms with Crippen molar-refractivity contribution in [2.45, 2.75) is 6.61 Å². The van der Waals surface area contributed by atoms with E-state index in [1.165, 1.54) is 0 Å². The lowest BCUT2D eigenvalue weighted by Crippen LogP contribution is -2.33. The van der Waals surface area contributed by atoms with Crippen LogP contribution >= 0.6 is 0 Å². The molecule has 0 radical (unpaired) electrons. The van der Waals surface area contributed by atoms with Gasteiger partial charge >= 0.3 is 0 Å². The van der Waals surface area contributed by atoms with Crippen LogP contribution < -0.4 is 9.64 Å². The number of anilines is 1. The Morgan fingerprint density at radius 3 is 2.50 bits per heavy atom. The lowest BCUT2D eigenvalue weighted by Gasteiger charge is -2.21. The van der Waals surface area contributed by atoms with E-state index >= 15 is 0 Å². The molecule has 2 heterocycles. The number of fused-ring (bicyclic) bond motifs is 1. The molecular weight excluding hydrogens is 402 g/mol. The summed E-state index contributed by atoms with van der Waals surface area (Å²) in [7, 11) is 1.64. The SMILES string of the molecule is COc1ccc(-c2cc(C(=O)N3CCOCc4ccccc43)nn2-c2ccccc2)cc1. The predicted octanol–water partition coefficient (Wildman–Crippen LogP) is 4.72. The molecular formula is C26H23N3O3. The summed E-state index contributed by atoms with van der Waals surface area (Å²) < 4.78 is 12.8. The summed E-state index contributed by atoms with van der Waals surface area (Å²) in [4.78, 5) is 15.4. The fraction of sp³-hybridized carbons (Fsp3) is 0.154. The van der Waals surface area contributed by atoms with Gasteiger partial charge in [-0.2, -0.15) is 5.10 Å². The van der Waals surface area contributed by atoms with Crippen LogP contribution in [-0.4, -0.2) is 35.9 Å². The van der Waals surface area contributed by atoms with Gasteiger partial charge in [0.05, 0.1) is 31.7 Å². The van der Waals surface area contributed by atoms with Gasteiger partial charge in [-0.1, -0.05) is 36.4 Å². The molecule has 4 aromatic rings. The Balaban J connectivity index is 1.59. The second-order valence-corrected chi connectivity index (χ2v) is 7.53. The number of carbonyl (C=O) groups is 1. The summed E-state index contributed by atoms with van der Waals surface area (Å²) in [5, 5.41) is 4.73. The van der Waals surface area contributed by atoms with Gasteiger partial charge in [0.2, 0.25) is 0 Å². The summed E-state index contributed by atoms with van der Waals surface area (Å²) in [5.41, 5.74) is 4.92. The zero-order chi connectivity index (χ0) is 21.9. The molecule has 5 rings (SSSR count). The van der Waals surface area contributed by atoms with Crippen molar-refractivity contribution in [1.29, 1.82) is 0 Å². The Morgan fingerprint density at radius 2 is 1.72 bits per heavy atom. The van der Waals surface area contributed by atoms with Gasteiger partial charge in [-0.15, -0.1) is 0 Å². The number of hydrogen-bond donors (Lipinski definition) is 0. The smallest absolute Gasteiger partial charge is 0.278 e. The maximum Gasteiger partial charge on any atom is 0.278 e. The first kappa shape index (κ1) is 20.0. The van der Waals surface area contributed by atoms with Gasteiger partial charge in [-0.3, -0.25) is 4.79 Å². The lowest BCUT2D eigenvalue weighted by molar-refractivity contribution is 0.0961. The molecule has 32 heavy (non-hydrogen) atoms. The topological polar surface area (TPSA) is 56.6 Å². The third-order valence-corrected chi connectivity index (χ3v) is 5.56. The number of hydrogen-bond acceptors (Lipinski definition) is 4. The minimum Gasteiger partial charge on any atom is -0.497 e. The molecule has 0 bridgehead atoms. The Bertz CT molecular complexity index is 1230. The van der Waals surface area contributed by atoms with E-state index in [2.05, 4.69) is 0 Å². The summed E-state index contributed by atoms with van der Waals surface area (Å²) in [6.07, 6.45) is 0. The van der Waals surface area contributed by atoms with Crippen LogP contribution in [0.1, 0.15) is 16.1 Å².